The summed E-state index contributed by atoms with van der Waals surface area (Å²) in [6.45, 7) is 1.69. The summed E-state index contributed by atoms with van der Waals surface area (Å²) in [6, 6.07) is 13.1. The number of hydrogen-bond donors (Lipinski definition) is 2. The van der Waals surface area contributed by atoms with Crippen LogP contribution in [0.15, 0.2) is 71.8 Å². The molecule has 5 rings (SSSR count). The van der Waals surface area contributed by atoms with E-state index in [0.29, 0.717) is 22.8 Å². The maximum Gasteiger partial charge on any atom is 0.417 e. The van der Waals surface area contributed by atoms with Crippen LogP contribution in [-0.4, -0.2) is 35.5 Å². The molecule has 0 fully saturated rings. The highest BCUT2D eigenvalue weighted by atomic mass is 19.4. The molecular formula is C26H20F3N7O3. The van der Waals surface area contributed by atoms with Gasteiger partial charge >= 0.3 is 11.9 Å². The summed E-state index contributed by atoms with van der Waals surface area (Å²) in [5.41, 5.74) is 5.27. The topological polar surface area (TPSA) is 129 Å². The third-order valence-corrected chi connectivity index (χ3v) is 6.04. The van der Waals surface area contributed by atoms with Crippen LogP contribution in [0.2, 0.25) is 0 Å². The van der Waals surface area contributed by atoms with Crippen molar-refractivity contribution >= 4 is 23.1 Å². The van der Waals surface area contributed by atoms with Crippen molar-refractivity contribution in [2.24, 2.45) is 12.8 Å². The Kier molecular flexibility index (Phi) is 6.05. The van der Waals surface area contributed by atoms with Gasteiger partial charge in [0.1, 0.15) is 11.5 Å². The minimum atomic E-state index is -4.73. The van der Waals surface area contributed by atoms with Crippen LogP contribution >= 0.6 is 0 Å². The second-order valence-electron chi connectivity index (χ2n) is 8.73. The standard InChI is InChI=1S/C26H20F3N7O3/c1-14-33-34(2)25(39)36(14)19-8-6-15(7-9-19)21-13-35-12-17(26(27,28)29)11-20(23(35)32-21)24(38)31-18-5-3-4-16(10-18)22(30)37/h3-13H,1-2H3,(H2,30,37)(H,31,38). The largest absolute Gasteiger partial charge is 0.417 e. The SMILES string of the molecule is Cc1nn(C)c(=O)n1-c1ccc(-c2cn3cc(C(F)(F)F)cc(C(=O)Nc4cccc(C(N)=O)c4)c3n2)cc1. The number of nitrogens with two attached hydrogens (primary N) is 1. The molecule has 0 aliphatic heterocycles. The van der Waals surface area contributed by atoms with E-state index >= 15 is 0 Å². The zero-order valence-corrected chi connectivity index (χ0v) is 20.5. The Bertz CT molecular complexity index is 1820. The zero-order valence-electron chi connectivity index (χ0n) is 20.5. The Labute approximate surface area is 218 Å². The summed E-state index contributed by atoms with van der Waals surface area (Å²) in [5.74, 6) is -1.09. The second kappa shape index (κ2) is 9.28. The molecule has 10 nitrogen and oxygen atoms in total. The summed E-state index contributed by atoms with van der Waals surface area (Å²) < 4.78 is 44.8. The first-order valence-electron chi connectivity index (χ1n) is 11.5. The number of primary amides is 1. The number of nitrogens with one attached hydrogen (secondary N) is 1. The van der Waals surface area contributed by atoms with Crippen molar-refractivity contribution in [3.8, 4) is 16.9 Å². The highest BCUT2D eigenvalue weighted by Crippen LogP contribution is 2.32. The first-order chi connectivity index (χ1) is 18.4. The molecule has 0 aliphatic carbocycles. The number of rotatable bonds is 5. The molecule has 5 aromatic rings. The predicted molar refractivity (Wildman–Crippen MR) is 136 cm³/mol. The van der Waals surface area contributed by atoms with E-state index in [-0.39, 0.29) is 28.2 Å². The van der Waals surface area contributed by atoms with Crippen molar-refractivity contribution in [1.29, 1.82) is 0 Å². The van der Waals surface area contributed by atoms with Crippen LogP contribution in [0.1, 0.15) is 32.1 Å². The van der Waals surface area contributed by atoms with E-state index in [1.807, 2.05) is 0 Å². The number of carbonyl (C=O) groups is 2. The third-order valence-electron chi connectivity index (χ3n) is 6.04. The number of pyridine rings is 1. The number of amides is 2. The number of halogens is 3. The Morgan fingerprint density at radius 1 is 1.03 bits per heavy atom. The van der Waals surface area contributed by atoms with E-state index in [0.717, 1.165) is 16.7 Å². The number of fused-ring (bicyclic) bond motifs is 1. The van der Waals surface area contributed by atoms with Gasteiger partial charge in [0.25, 0.3) is 5.91 Å². The Morgan fingerprint density at radius 3 is 2.36 bits per heavy atom. The van der Waals surface area contributed by atoms with Gasteiger partial charge in [-0.2, -0.15) is 18.3 Å². The van der Waals surface area contributed by atoms with Crippen LogP contribution in [0.4, 0.5) is 18.9 Å². The van der Waals surface area contributed by atoms with Crippen LogP contribution < -0.4 is 16.7 Å². The summed E-state index contributed by atoms with van der Waals surface area (Å²) >= 11 is 0. The number of carbonyl (C=O) groups excluding carboxylic acids is 2. The lowest BCUT2D eigenvalue weighted by atomic mass is 10.1. The van der Waals surface area contributed by atoms with Gasteiger partial charge < -0.3 is 15.5 Å². The van der Waals surface area contributed by atoms with Crippen molar-refractivity contribution < 1.29 is 22.8 Å². The summed E-state index contributed by atoms with van der Waals surface area (Å²) in [6.07, 6.45) is -2.50. The molecule has 0 saturated carbocycles. The van der Waals surface area contributed by atoms with E-state index in [2.05, 4.69) is 15.4 Å². The fourth-order valence-corrected chi connectivity index (χ4v) is 4.17. The number of imidazole rings is 1. The number of alkyl halides is 3. The van der Waals surface area contributed by atoms with Gasteiger partial charge in [0, 0.05) is 36.3 Å². The van der Waals surface area contributed by atoms with E-state index < -0.39 is 23.6 Å². The molecule has 198 valence electrons. The number of nitrogens with zero attached hydrogens (tertiary/aromatic N) is 5. The Balaban J connectivity index is 1.56. The summed E-state index contributed by atoms with van der Waals surface area (Å²) in [4.78, 5) is 41.4. The van der Waals surface area contributed by atoms with Gasteiger partial charge in [0.05, 0.1) is 22.5 Å². The van der Waals surface area contributed by atoms with E-state index in [1.165, 1.54) is 46.8 Å². The molecule has 2 aromatic carbocycles. The third kappa shape index (κ3) is 4.77. The second-order valence-corrected chi connectivity index (χ2v) is 8.73. The maximum absolute atomic E-state index is 13.7. The molecule has 0 spiro atoms. The minimum Gasteiger partial charge on any atom is -0.366 e. The van der Waals surface area contributed by atoms with Gasteiger partial charge in [-0.1, -0.05) is 18.2 Å². The molecule has 0 bridgehead atoms. The zero-order chi connectivity index (χ0) is 28.1. The molecule has 0 saturated heterocycles. The monoisotopic (exact) mass is 535 g/mol. The number of hydrogen-bond acceptors (Lipinski definition) is 5. The first kappa shape index (κ1) is 25.4. The van der Waals surface area contributed by atoms with Crippen LogP contribution in [0.5, 0.6) is 0 Å². The van der Waals surface area contributed by atoms with Gasteiger partial charge in [0.15, 0.2) is 0 Å². The fourth-order valence-electron chi connectivity index (χ4n) is 4.17. The van der Waals surface area contributed by atoms with Crippen LogP contribution in [0.25, 0.3) is 22.6 Å². The van der Waals surface area contributed by atoms with Crippen LogP contribution in [0.3, 0.4) is 0 Å². The van der Waals surface area contributed by atoms with Gasteiger partial charge in [-0.15, -0.1) is 0 Å². The van der Waals surface area contributed by atoms with Gasteiger partial charge in [0.2, 0.25) is 5.91 Å². The maximum atomic E-state index is 13.7. The smallest absolute Gasteiger partial charge is 0.366 e. The normalized spacial score (nSPS) is 11.6. The Hall–Kier alpha value is -5.20. The number of benzene rings is 2. The van der Waals surface area contributed by atoms with Crippen LogP contribution in [0, 0.1) is 6.92 Å². The number of aryl methyl sites for hydroxylation is 2. The lowest BCUT2D eigenvalue weighted by Gasteiger charge is -2.11. The average molecular weight is 535 g/mol. The minimum absolute atomic E-state index is 0.00930. The van der Waals surface area contributed by atoms with E-state index in [4.69, 9.17) is 5.73 Å². The molecule has 0 unspecified atom stereocenters. The lowest BCUT2D eigenvalue weighted by molar-refractivity contribution is -0.137. The van der Waals surface area contributed by atoms with Gasteiger partial charge in [-0.05, 0) is 43.3 Å². The first-order valence-corrected chi connectivity index (χ1v) is 11.5. The molecule has 0 aliphatic rings. The van der Waals surface area contributed by atoms with Gasteiger partial charge in [-0.25, -0.2) is 19.0 Å². The van der Waals surface area contributed by atoms with Crippen molar-refractivity contribution in [2.75, 3.05) is 5.32 Å². The van der Waals surface area contributed by atoms with E-state index in [9.17, 15) is 27.6 Å². The van der Waals surface area contributed by atoms with Gasteiger partial charge in [-0.3, -0.25) is 9.59 Å². The average Bonchev–Trinajstić information content (AvgIpc) is 3.43. The molecule has 0 radical (unpaired) electrons. The highest BCUT2D eigenvalue weighted by molar-refractivity contribution is 6.09. The van der Waals surface area contributed by atoms with Crippen molar-refractivity contribution in [1.82, 2.24) is 23.7 Å². The predicted octanol–water partition coefficient (Wildman–Crippen LogP) is 3.56. The fraction of sp³-hybridized carbons (Fsp3) is 0.115. The molecule has 2 amide bonds. The highest BCUT2D eigenvalue weighted by Gasteiger charge is 2.33. The molecule has 39 heavy (non-hydrogen) atoms. The number of anilines is 1. The number of aromatic nitrogens is 5. The van der Waals surface area contributed by atoms with Crippen molar-refractivity contribution in [2.45, 2.75) is 13.1 Å². The molecule has 3 aromatic heterocycles. The Morgan fingerprint density at radius 2 is 1.74 bits per heavy atom. The summed E-state index contributed by atoms with van der Waals surface area (Å²) in [5, 5.41) is 6.60. The van der Waals surface area contributed by atoms with E-state index in [1.54, 1.807) is 31.2 Å². The summed E-state index contributed by atoms with van der Waals surface area (Å²) in [7, 11) is 1.54. The lowest BCUT2D eigenvalue weighted by Crippen LogP contribution is -2.21. The molecule has 3 N–H and O–H groups in total. The van der Waals surface area contributed by atoms with Crippen molar-refractivity contribution in [3.63, 3.8) is 0 Å². The van der Waals surface area contributed by atoms with Crippen molar-refractivity contribution in [3.05, 3.63) is 100.0 Å². The molecule has 0 atom stereocenters. The molecular weight excluding hydrogens is 515 g/mol. The van der Waals surface area contributed by atoms with Crippen LogP contribution in [-0.2, 0) is 13.2 Å². The molecule has 3 heterocycles. The quantitative estimate of drug-likeness (QED) is 0.356. The molecule has 13 heteroatoms.